The topological polar surface area (TPSA) is 91.5 Å². The molecule has 0 saturated heterocycles. The maximum atomic E-state index is 12.7. The largest absolute Gasteiger partial charge is 0.534 e. The highest BCUT2D eigenvalue weighted by Crippen LogP contribution is 2.36. The lowest BCUT2D eigenvalue weighted by molar-refractivity contribution is -0.0520. The van der Waals surface area contributed by atoms with Crippen molar-refractivity contribution in [3.8, 4) is 5.88 Å². The van der Waals surface area contributed by atoms with Crippen LogP contribution in [0.15, 0.2) is 53.5 Å². The van der Waals surface area contributed by atoms with Crippen LogP contribution in [0.25, 0.3) is 6.08 Å². The molecule has 1 aliphatic carbocycles. The number of pyridine rings is 1. The van der Waals surface area contributed by atoms with Crippen LogP contribution in [0.4, 0.5) is 18.9 Å². The van der Waals surface area contributed by atoms with Crippen LogP contribution in [-0.4, -0.2) is 26.0 Å². The molecule has 2 rings (SSSR count). The van der Waals surface area contributed by atoms with Crippen molar-refractivity contribution in [2.75, 3.05) is 12.8 Å². The Morgan fingerprint density at radius 3 is 2.54 bits per heavy atom. The van der Waals surface area contributed by atoms with Gasteiger partial charge in [0.15, 0.2) is 0 Å². The van der Waals surface area contributed by atoms with Crippen molar-refractivity contribution in [1.82, 2.24) is 4.98 Å². The molecule has 0 bridgehead atoms. The molecule has 1 heterocycles. The molecular weight excluding hydrogens is 397 g/mol. The molecule has 0 spiro atoms. The summed E-state index contributed by atoms with van der Waals surface area (Å²) in [7, 11) is -4.52. The zero-order valence-electron chi connectivity index (χ0n) is 15.2. The van der Waals surface area contributed by atoms with Gasteiger partial charge in [-0.2, -0.15) is 21.6 Å². The molecule has 0 aromatic carbocycles. The van der Waals surface area contributed by atoms with Gasteiger partial charge in [-0.15, -0.1) is 0 Å². The van der Waals surface area contributed by atoms with Gasteiger partial charge in [0.25, 0.3) is 0 Å². The monoisotopic (exact) mass is 416 g/mol. The van der Waals surface area contributed by atoms with Crippen LogP contribution in [0.2, 0.25) is 0 Å². The number of aromatic nitrogens is 1. The van der Waals surface area contributed by atoms with E-state index in [2.05, 4.69) is 15.7 Å². The normalized spacial score (nSPS) is 15.5. The summed E-state index contributed by atoms with van der Waals surface area (Å²) in [6, 6.07) is 1.47. The second kappa shape index (κ2) is 8.09. The smallest absolute Gasteiger partial charge is 0.481 e. The van der Waals surface area contributed by atoms with Crippen LogP contribution in [0.1, 0.15) is 25.3 Å². The fraction of sp³-hybridized carbons (Fsp3) is 0.278. The average molecular weight is 416 g/mol. The van der Waals surface area contributed by atoms with Gasteiger partial charge in [0.05, 0.1) is 12.7 Å². The van der Waals surface area contributed by atoms with E-state index in [4.69, 9.17) is 10.5 Å². The molecule has 28 heavy (non-hydrogen) atoms. The average Bonchev–Trinajstić information content (AvgIpc) is 2.60. The number of anilines is 1. The highest BCUT2D eigenvalue weighted by Gasteiger charge is 2.49. The predicted molar refractivity (Wildman–Crippen MR) is 99.5 cm³/mol. The van der Waals surface area contributed by atoms with E-state index in [9.17, 15) is 21.6 Å². The standard InChI is InChI=1S/C18H19F3N2O4S/c1-11-4-6-13(7-5-11)14(12(2)27-28(24,25)18(19,20)21)10-15-16(22)8-9-23-17(15)26-3/h4,6,8-10H,2,5,7H2,1,3H3,(H2,22,23)/b14-10+. The van der Waals surface area contributed by atoms with Gasteiger partial charge in [0, 0.05) is 17.5 Å². The second-order valence-electron chi connectivity index (χ2n) is 5.99. The first-order valence-electron chi connectivity index (χ1n) is 8.03. The number of halogens is 3. The molecule has 0 amide bonds. The van der Waals surface area contributed by atoms with Crippen molar-refractivity contribution in [2.24, 2.45) is 0 Å². The number of rotatable bonds is 6. The van der Waals surface area contributed by atoms with Crippen molar-refractivity contribution < 1.29 is 30.5 Å². The van der Waals surface area contributed by atoms with Crippen molar-refractivity contribution in [2.45, 2.75) is 25.3 Å². The van der Waals surface area contributed by atoms with E-state index in [1.807, 2.05) is 6.92 Å². The number of alkyl halides is 3. The number of nitrogens with zero attached hydrogens (tertiary/aromatic N) is 1. The highest BCUT2D eigenvalue weighted by atomic mass is 32.2. The number of hydrogen-bond donors (Lipinski definition) is 1. The zero-order chi connectivity index (χ0) is 21.1. The van der Waals surface area contributed by atoms with Crippen molar-refractivity contribution in [1.29, 1.82) is 0 Å². The fourth-order valence-electron chi connectivity index (χ4n) is 2.46. The molecule has 0 unspecified atom stereocenters. The van der Waals surface area contributed by atoms with Crippen LogP contribution in [-0.2, 0) is 14.3 Å². The maximum Gasteiger partial charge on any atom is 0.534 e. The maximum absolute atomic E-state index is 12.7. The molecule has 1 aliphatic rings. The first-order chi connectivity index (χ1) is 13.0. The summed E-state index contributed by atoms with van der Waals surface area (Å²) in [6.07, 6.45) is 7.29. The van der Waals surface area contributed by atoms with Crippen LogP contribution in [0, 0.1) is 0 Å². The molecule has 1 aromatic heterocycles. The number of nitrogen functional groups attached to an aromatic ring is 1. The summed E-state index contributed by atoms with van der Waals surface area (Å²) in [4.78, 5) is 3.99. The molecule has 10 heteroatoms. The molecule has 0 saturated carbocycles. The van der Waals surface area contributed by atoms with Crippen molar-refractivity contribution in [3.05, 3.63) is 59.0 Å². The van der Waals surface area contributed by atoms with Gasteiger partial charge >= 0.3 is 15.6 Å². The van der Waals surface area contributed by atoms with E-state index >= 15 is 0 Å². The third kappa shape index (κ3) is 4.75. The van der Waals surface area contributed by atoms with Gasteiger partial charge in [-0.05, 0) is 37.5 Å². The summed E-state index contributed by atoms with van der Waals surface area (Å²) in [5, 5.41) is 0. The van der Waals surface area contributed by atoms with Gasteiger partial charge in [-0.3, -0.25) is 0 Å². The minimum absolute atomic E-state index is 0.0505. The second-order valence-corrected chi connectivity index (χ2v) is 7.53. The quantitative estimate of drug-likeness (QED) is 0.325. The molecule has 1 aromatic rings. The lowest BCUT2D eigenvalue weighted by atomic mass is 9.91. The van der Waals surface area contributed by atoms with E-state index in [-0.39, 0.29) is 22.7 Å². The van der Waals surface area contributed by atoms with Gasteiger partial charge < -0.3 is 14.7 Å². The number of hydrogen-bond acceptors (Lipinski definition) is 6. The van der Waals surface area contributed by atoms with Crippen LogP contribution >= 0.6 is 0 Å². The first-order valence-corrected chi connectivity index (χ1v) is 9.44. The van der Waals surface area contributed by atoms with E-state index in [0.717, 1.165) is 5.57 Å². The van der Waals surface area contributed by atoms with E-state index in [0.29, 0.717) is 18.4 Å². The van der Waals surface area contributed by atoms with Crippen LogP contribution < -0.4 is 10.5 Å². The molecule has 2 N–H and O–H groups in total. The van der Waals surface area contributed by atoms with Crippen molar-refractivity contribution >= 4 is 21.9 Å². The Balaban J connectivity index is 2.58. The molecule has 6 nitrogen and oxygen atoms in total. The highest BCUT2D eigenvalue weighted by molar-refractivity contribution is 7.87. The number of methoxy groups -OCH3 is 1. The number of nitrogens with two attached hydrogens (primary N) is 1. The molecule has 0 radical (unpaired) electrons. The molecule has 0 aliphatic heterocycles. The SMILES string of the molecule is C=C(OS(=O)(=O)C(F)(F)F)/C(=C\c1c(N)ccnc1OC)C1=CC=C(C)CC1. The Morgan fingerprint density at radius 2 is 2.00 bits per heavy atom. The molecule has 152 valence electrons. The Hall–Kier alpha value is -2.75. The predicted octanol–water partition coefficient (Wildman–Crippen LogP) is 4.10. The van der Waals surface area contributed by atoms with Gasteiger partial charge in [-0.1, -0.05) is 24.3 Å². The first kappa shape index (κ1) is 21.5. The number of allylic oxidation sites excluding steroid dienone is 4. The van der Waals surface area contributed by atoms with Gasteiger partial charge in [0.1, 0.15) is 5.76 Å². The van der Waals surface area contributed by atoms with Gasteiger partial charge in [0.2, 0.25) is 5.88 Å². The molecular formula is C18H19F3N2O4S. The fourth-order valence-corrected chi connectivity index (χ4v) is 2.91. The summed E-state index contributed by atoms with van der Waals surface area (Å²) in [5.41, 5.74) is 2.51. The zero-order valence-corrected chi connectivity index (χ0v) is 16.0. The number of ether oxygens (including phenoxy) is 1. The molecule has 0 fully saturated rings. The van der Waals surface area contributed by atoms with Crippen LogP contribution in [0.3, 0.4) is 0 Å². The lowest BCUT2D eigenvalue weighted by Crippen LogP contribution is -2.25. The molecule has 0 atom stereocenters. The lowest BCUT2D eigenvalue weighted by Gasteiger charge is -2.19. The summed E-state index contributed by atoms with van der Waals surface area (Å²) < 4.78 is 70.4. The third-order valence-electron chi connectivity index (χ3n) is 3.97. The minimum atomic E-state index is -5.87. The Morgan fingerprint density at radius 1 is 1.32 bits per heavy atom. The Bertz CT molecular complexity index is 977. The van der Waals surface area contributed by atoms with Crippen LogP contribution in [0.5, 0.6) is 5.88 Å². The summed E-state index contributed by atoms with van der Waals surface area (Å²) in [5.74, 6) is -0.561. The van der Waals surface area contributed by atoms with E-state index in [1.165, 1.54) is 25.4 Å². The minimum Gasteiger partial charge on any atom is -0.481 e. The Labute approximate surface area is 161 Å². The Kier molecular flexibility index (Phi) is 6.23. The van der Waals surface area contributed by atoms with Crippen molar-refractivity contribution in [3.63, 3.8) is 0 Å². The van der Waals surface area contributed by atoms with E-state index in [1.54, 1.807) is 12.2 Å². The van der Waals surface area contributed by atoms with E-state index < -0.39 is 21.4 Å². The summed E-state index contributed by atoms with van der Waals surface area (Å²) in [6.45, 7) is 5.30. The third-order valence-corrected chi connectivity index (χ3v) is 4.95. The summed E-state index contributed by atoms with van der Waals surface area (Å²) >= 11 is 0. The van der Waals surface area contributed by atoms with Gasteiger partial charge in [-0.25, -0.2) is 4.98 Å².